The number of halogens is 1. The minimum atomic E-state index is -0.710. The van der Waals surface area contributed by atoms with Crippen LogP contribution in [0.4, 0.5) is 0 Å². The molecule has 0 bridgehead atoms. The highest BCUT2D eigenvalue weighted by Crippen LogP contribution is 2.44. The quantitative estimate of drug-likeness (QED) is 0.609. The van der Waals surface area contributed by atoms with Gasteiger partial charge in [0.15, 0.2) is 0 Å². The van der Waals surface area contributed by atoms with Crippen molar-refractivity contribution >= 4 is 28.8 Å². The van der Waals surface area contributed by atoms with Crippen molar-refractivity contribution in [1.29, 1.82) is 0 Å². The van der Waals surface area contributed by atoms with Gasteiger partial charge in [0.1, 0.15) is 5.54 Å². The standard InChI is InChI=1S/C10H18INO2/c1-9(2,3)7-4-5-10(6-7,12-11)8(13)14/h7,12H,4-6H2,1-3H3,(H,13,14). The summed E-state index contributed by atoms with van der Waals surface area (Å²) in [6.07, 6.45) is 2.49. The molecule has 0 saturated heterocycles. The third-order valence-corrected chi connectivity index (χ3v) is 4.36. The second-order valence-electron chi connectivity index (χ2n) is 5.29. The molecule has 3 nitrogen and oxygen atoms in total. The van der Waals surface area contributed by atoms with Crippen molar-refractivity contribution in [1.82, 2.24) is 3.53 Å². The van der Waals surface area contributed by atoms with Gasteiger partial charge in [-0.05, 0) is 30.6 Å². The third-order valence-electron chi connectivity index (χ3n) is 3.33. The molecule has 2 unspecified atom stereocenters. The van der Waals surface area contributed by atoms with E-state index in [1.807, 2.05) is 22.9 Å². The molecule has 0 aromatic heterocycles. The molecule has 0 aromatic carbocycles. The van der Waals surface area contributed by atoms with Crippen LogP contribution in [0.1, 0.15) is 40.0 Å². The molecule has 1 aliphatic carbocycles. The van der Waals surface area contributed by atoms with E-state index in [-0.39, 0.29) is 5.41 Å². The Morgan fingerprint density at radius 2 is 2.14 bits per heavy atom. The first-order chi connectivity index (χ1) is 6.32. The Morgan fingerprint density at radius 3 is 2.36 bits per heavy atom. The molecule has 2 N–H and O–H groups in total. The molecular weight excluding hydrogens is 293 g/mol. The first kappa shape index (κ1) is 12.2. The van der Waals surface area contributed by atoms with Gasteiger partial charge in [-0.15, -0.1) is 0 Å². The number of hydrogen-bond donors (Lipinski definition) is 2. The summed E-state index contributed by atoms with van der Waals surface area (Å²) in [6.45, 7) is 6.55. The molecule has 0 spiro atoms. The smallest absolute Gasteiger partial charge is 0.324 e. The van der Waals surface area contributed by atoms with Crippen LogP contribution in [0.5, 0.6) is 0 Å². The fourth-order valence-corrected chi connectivity index (χ4v) is 2.83. The summed E-state index contributed by atoms with van der Waals surface area (Å²) >= 11 is 1.96. The summed E-state index contributed by atoms with van der Waals surface area (Å²) in [5, 5.41) is 9.18. The van der Waals surface area contributed by atoms with Crippen LogP contribution in [0.2, 0.25) is 0 Å². The normalized spacial score (nSPS) is 33.3. The van der Waals surface area contributed by atoms with Gasteiger partial charge in [-0.25, -0.2) is 3.53 Å². The predicted molar refractivity (Wildman–Crippen MR) is 64.3 cm³/mol. The zero-order valence-corrected chi connectivity index (χ0v) is 11.1. The van der Waals surface area contributed by atoms with Crippen LogP contribution in [-0.2, 0) is 4.79 Å². The summed E-state index contributed by atoms with van der Waals surface area (Å²) < 4.78 is 2.95. The SMILES string of the molecule is CC(C)(C)C1CCC(NI)(C(=O)O)C1. The minimum Gasteiger partial charge on any atom is -0.480 e. The lowest BCUT2D eigenvalue weighted by Crippen LogP contribution is -2.45. The van der Waals surface area contributed by atoms with Gasteiger partial charge in [0, 0.05) is 22.9 Å². The number of carboxylic acids is 1. The Morgan fingerprint density at radius 1 is 1.57 bits per heavy atom. The lowest BCUT2D eigenvalue weighted by Gasteiger charge is -2.29. The summed E-state index contributed by atoms with van der Waals surface area (Å²) in [4.78, 5) is 11.2. The van der Waals surface area contributed by atoms with Crippen LogP contribution >= 0.6 is 22.9 Å². The zero-order chi connectivity index (χ0) is 11.0. The maximum Gasteiger partial charge on any atom is 0.324 e. The predicted octanol–water partition coefficient (Wildman–Crippen LogP) is 2.60. The van der Waals surface area contributed by atoms with E-state index < -0.39 is 11.5 Å². The topological polar surface area (TPSA) is 49.3 Å². The second kappa shape index (κ2) is 3.96. The van der Waals surface area contributed by atoms with Gasteiger partial charge < -0.3 is 5.11 Å². The third kappa shape index (κ3) is 2.21. The number of rotatable bonds is 2. The Balaban J connectivity index is 2.76. The van der Waals surface area contributed by atoms with E-state index in [1.54, 1.807) is 0 Å². The molecule has 0 amide bonds. The van der Waals surface area contributed by atoms with Gasteiger partial charge in [-0.1, -0.05) is 20.8 Å². The fraction of sp³-hybridized carbons (Fsp3) is 0.900. The molecule has 0 aromatic rings. The fourth-order valence-electron chi connectivity index (χ4n) is 2.11. The van der Waals surface area contributed by atoms with Gasteiger partial charge in [-0.2, -0.15) is 0 Å². The van der Waals surface area contributed by atoms with Crippen LogP contribution < -0.4 is 3.53 Å². The van der Waals surface area contributed by atoms with E-state index in [0.717, 1.165) is 19.3 Å². The average Bonchev–Trinajstić information content (AvgIpc) is 2.47. The van der Waals surface area contributed by atoms with Crippen molar-refractivity contribution < 1.29 is 9.90 Å². The molecule has 0 aliphatic heterocycles. The number of carboxylic acid groups (broad SMARTS) is 1. The van der Waals surface area contributed by atoms with E-state index in [0.29, 0.717) is 5.92 Å². The van der Waals surface area contributed by atoms with E-state index >= 15 is 0 Å². The van der Waals surface area contributed by atoms with Crippen molar-refractivity contribution in [3.05, 3.63) is 0 Å². The van der Waals surface area contributed by atoms with Crippen molar-refractivity contribution in [3.63, 3.8) is 0 Å². The van der Waals surface area contributed by atoms with Gasteiger partial charge in [0.2, 0.25) is 0 Å². The van der Waals surface area contributed by atoms with Crippen molar-refractivity contribution in [2.75, 3.05) is 0 Å². The summed E-state index contributed by atoms with van der Waals surface area (Å²) in [5.74, 6) is -0.209. The minimum absolute atomic E-state index is 0.213. The molecule has 1 rings (SSSR count). The van der Waals surface area contributed by atoms with Crippen LogP contribution in [0.15, 0.2) is 0 Å². The molecule has 0 heterocycles. The lowest BCUT2D eigenvalue weighted by atomic mass is 9.78. The van der Waals surface area contributed by atoms with Crippen molar-refractivity contribution in [2.24, 2.45) is 11.3 Å². The summed E-state index contributed by atoms with van der Waals surface area (Å²) in [7, 11) is 0. The van der Waals surface area contributed by atoms with Gasteiger partial charge >= 0.3 is 5.97 Å². The lowest BCUT2D eigenvalue weighted by molar-refractivity contribution is -0.143. The van der Waals surface area contributed by atoms with Crippen LogP contribution in [0.3, 0.4) is 0 Å². The van der Waals surface area contributed by atoms with Gasteiger partial charge in [-0.3, -0.25) is 4.79 Å². The first-order valence-electron chi connectivity index (χ1n) is 4.93. The molecule has 1 fully saturated rings. The number of hydrogen-bond acceptors (Lipinski definition) is 2. The number of carbonyl (C=O) groups is 1. The average molecular weight is 311 g/mol. The maximum absolute atomic E-state index is 11.2. The van der Waals surface area contributed by atoms with E-state index in [4.69, 9.17) is 0 Å². The van der Waals surface area contributed by atoms with E-state index in [1.165, 1.54) is 0 Å². The molecule has 2 atom stereocenters. The Kier molecular flexibility index (Phi) is 3.46. The van der Waals surface area contributed by atoms with Crippen molar-refractivity contribution in [2.45, 2.75) is 45.6 Å². The van der Waals surface area contributed by atoms with Crippen LogP contribution in [0, 0.1) is 11.3 Å². The summed E-state index contributed by atoms with van der Waals surface area (Å²) in [5.41, 5.74) is -0.469. The van der Waals surface area contributed by atoms with Gasteiger partial charge in [0.05, 0.1) is 0 Å². The first-order valence-corrected chi connectivity index (χ1v) is 6.01. The Bertz CT molecular complexity index is 237. The number of aliphatic carboxylic acids is 1. The zero-order valence-electron chi connectivity index (χ0n) is 8.93. The molecule has 1 aliphatic rings. The van der Waals surface area contributed by atoms with Crippen molar-refractivity contribution in [3.8, 4) is 0 Å². The maximum atomic E-state index is 11.2. The number of nitrogens with one attached hydrogen (secondary N) is 1. The molecule has 0 radical (unpaired) electrons. The monoisotopic (exact) mass is 311 g/mol. The molecule has 82 valence electrons. The highest BCUT2D eigenvalue weighted by molar-refractivity contribution is 14.1. The van der Waals surface area contributed by atoms with E-state index in [2.05, 4.69) is 24.3 Å². The molecular formula is C10H18INO2. The van der Waals surface area contributed by atoms with E-state index in [9.17, 15) is 9.90 Å². The second-order valence-corrected chi connectivity index (χ2v) is 5.83. The van der Waals surface area contributed by atoms with Crippen LogP contribution in [-0.4, -0.2) is 16.6 Å². The summed E-state index contributed by atoms with van der Waals surface area (Å²) in [6, 6.07) is 0. The molecule has 14 heavy (non-hydrogen) atoms. The molecule has 4 heteroatoms. The highest BCUT2D eigenvalue weighted by Gasteiger charge is 2.47. The highest BCUT2D eigenvalue weighted by atomic mass is 127. The Hall–Kier alpha value is 0.160. The molecule has 1 saturated carbocycles. The Labute approximate surface area is 99.1 Å². The van der Waals surface area contributed by atoms with Gasteiger partial charge in [0.25, 0.3) is 0 Å². The largest absolute Gasteiger partial charge is 0.480 e. The van der Waals surface area contributed by atoms with Crippen LogP contribution in [0.25, 0.3) is 0 Å².